The molecule has 27 heavy (non-hydrogen) atoms. The fourth-order valence-electron chi connectivity index (χ4n) is 3.64. The monoisotopic (exact) mass is 371 g/mol. The quantitative estimate of drug-likeness (QED) is 0.779. The van der Waals surface area contributed by atoms with Gasteiger partial charge in [-0.05, 0) is 45.2 Å². The summed E-state index contributed by atoms with van der Waals surface area (Å²) < 4.78 is 6.95. The summed E-state index contributed by atoms with van der Waals surface area (Å²) >= 11 is 0. The van der Waals surface area contributed by atoms with Gasteiger partial charge in [0, 0.05) is 18.4 Å². The Morgan fingerprint density at radius 2 is 2.00 bits per heavy atom. The largest absolute Gasteiger partial charge is 0.481 e. The van der Waals surface area contributed by atoms with Gasteiger partial charge in [0.2, 0.25) is 0 Å². The number of aliphatic carboxylic acids is 1. The second kappa shape index (κ2) is 7.52. The van der Waals surface area contributed by atoms with Crippen molar-refractivity contribution in [3.8, 4) is 5.69 Å². The second-order valence-electron chi connectivity index (χ2n) is 7.39. The van der Waals surface area contributed by atoms with E-state index < -0.39 is 11.5 Å². The molecular weight excluding hydrogens is 346 g/mol. The smallest absolute Gasteiger partial charge is 0.305 e. The third kappa shape index (κ3) is 4.03. The van der Waals surface area contributed by atoms with Gasteiger partial charge in [0.05, 0.1) is 24.3 Å². The van der Waals surface area contributed by atoms with Crippen molar-refractivity contribution in [1.29, 1.82) is 0 Å². The topological polar surface area (TPSA) is 93.4 Å². The summed E-state index contributed by atoms with van der Waals surface area (Å²) in [5, 5.41) is 16.6. The molecule has 0 aliphatic heterocycles. The standard InChI is InChI=1S/C20H25N3O4/c1-13-7-9-14(10-8-13)23-16-6-4-5-15(16)18(22-23)19(26)21-20(2,12-27-3)11-17(24)25/h7-10H,4-6,11-12H2,1-3H3,(H,21,26)(H,24,25). The van der Waals surface area contributed by atoms with Crippen LogP contribution in [0.5, 0.6) is 0 Å². The molecule has 0 saturated heterocycles. The number of methoxy groups -OCH3 is 1. The Bertz CT molecular complexity index is 857. The molecule has 0 saturated carbocycles. The molecule has 144 valence electrons. The number of rotatable bonds is 7. The molecule has 7 heteroatoms. The molecule has 1 aliphatic carbocycles. The number of carboxylic acid groups (broad SMARTS) is 1. The van der Waals surface area contributed by atoms with Crippen LogP contribution in [0.15, 0.2) is 24.3 Å². The zero-order chi connectivity index (χ0) is 19.6. The van der Waals surface area contributed by atoms with Gasteiger partial charge in [0.15, 0.2) is 5.69 Å². The molecule has 0 fully saturated rings. The van der Waals surface area contributed by atoms with E-state index >= 15 is 0 Å². The summed E-state index contributed by atoms with van der Waals surface area (Å²) in [6.07, 6.45) is 2.41. The van der Waals surface area contributed by atoms with E-state index in [1.54, 1.807) is 6.92 Å². The number of carbonyl (C=O) groups is 2. The lowest BCUT2D eigenvalue weighted by molar-refractivity contribution is -0.139. The highest BCUT2D eigenvalue weighted by atomic mass is 16.5. The van der Waals surface area contributed by atoms with Crippen LogP contribution in [0.2, 0.25) is 0 Å². The highest BCUT2D eigenvalue weighted by Gasteiger charge is 2.33. The SMILES string of the molecule is COCC(C)(CC(=O)O)NC(=O)c1nn(-c2ccc(C)cc2)c2c1CCC2. The fraction of sp³-hybridized carbons (Fsp3) is 0.450. The predicted molar refractivity (Wildman–Crippen MR) is 100 cm³/mol. The highest BCUT2D eigenvalue weighted by Crippen LogP contribution is 2.28. The molecule has 1 atom stereocenters. The zero-order valence-corrected chi connectivity index (χ0v) is 15.9. The molecule has 1 aromatic heterocycles. The van der Waals surface area contributed by atoms with Crippen molar-refractivity contribution in [3.05, 3.63) is 46.8 Å². The summed E-state index contributed by atoms with van der Waals surface area (Å²) in [5.41, 5.74) is 3.44. The van der Waals surface area contributed by atoms with Gasteiger partial charge in [0.25, 0.3) is 5.91 Å². The molecule has 0 radical (unpaired) electrons. The van der Waals surface area contributed by atoms with Crippen molar-refractivity contribution < 1.29 is 19.4 Å². The highest BCUT2D eigenvalue weighted by molar-refractivity contribution is 5.95. The summed E-state index contributed by atoms with van der Waals surface area (Å²) in [4.78, 5) is 24.1. The first-order valence-electron chi connectivity index (χ1n) is 9.04. The van der Waals surface area contributed by atoms with Crippen LogP contribution in [-0.4, -0.2) is 46.0 Å². The van der Waals surface area contributed by atoms with Crippen molar-refractivity contribution >= 4 is 11.9 Å². The molecule has 0 spiro atoms. The summed E-state index contributed by atoms with van der Waals surface area (Å²) in [6, 6.07) is 8.01. The molecule has 1 aromatic carbocycles. The Labute approximate surface area is 158 Å². The number of hydrogen-bond acceptors (Lipinski definition) is 4. The summed E-state index contributed by atoms with van der Waals surface area (Å²) in [6.45, 7) is 3.79. The number of aromatic nitrogens is 2. The maximum absolute atomic E-state index is 12.9. The first-order valence-corrected chi connectivity index (χ1v) is 9.04. The number of carboxylic acids is 1. The van der Waals surface area contributed by atoms with Crippen LogP contribution in [-0.2, 0) is 22.4 Å². The van der Waals surface area contributed by atoms with Gasteiger partial charge in [-0.25, -0.2) is 4.68 Å². The Balaban J connectivity index is 1.92. The Morgan fingerprint density at radius 1 is 1.30 bits per heavy atom. The first kappa shape index (κ1) is 19.1. The minimum atomic E-state index is -1.00. The number of fused-ring (bicyclic) bond motifs is 1. The maximum Gasteiger partial charge on any atom is 0.305 e. The van der Waals surface area contributed by atoms with E-state index in [1.165, 1.54) is 7.11 Å². The van der Waals surface area contributed by atoms with E-state index in [0.717, 1.165) is 41.8 Å². The summed E-state index contributed by atoms with van der Waals surface area (Å²) in [5.74, 6) is -1.36. The van der Waals surface area contributed by atoms with Crippen LogP contribution in [0.25, 0.3) is 5.69 Å². The van der Waals surface area contributed by atoms with Crippen LogP contribution < -0.4 is 5.32 Å². The van der Waals surface area contributed by atoms with E-state index in [1.807, 2.05) is 35.9 Å². The van der Waals surface area contributed by atoms with Gasteiger partial charge in [-0.15, -0.1) is 0 Å². The van der Waals surface area contributed by atoms with E-state index in [-0.39, 0.29) is 18.9 Å². The summed E-state index contributed by atoms with van der Waals surface area (Å²) in [7, 11) is 1.48. The lowest BCUT2D eigenvalue weighted by atomic mass is 9.98. The number of aryl methyl sites for hydroxylation is 1. The van der Waals surface area contributed by atoms with Crippen molar-refractivity contribution in [3.63, 3.8) is 0 Å². The third-order valence-electron chi connectivity index (χ3n) is 4.84. The maximum atomic E-state index is 12.9. The Hall–Kier alpha value is -2.67. The Morgan fingerprint density at radius 3 is 2.63 bits per heavy atom. The van der Waals surface area contributed by atoms with E-state index in [2.05, 4.69) is 10.4 Å². The predicted octanol–water partition coefficient (Wildman–Crippen LogP) is 2.28. The van der Waals surface area contributed by atoms with Crippen LogP contribution >= 0.6 is 0 Å². The second-order valence-corrected chi connectivity index (χ2v) is 7.39. The number of nitrogens with zero attached hydrogens (tertiary/aromatic N) is 2. The number of ether oxygens (including phenoxy) is 1. The molecule has 1 amide bonds. The van der Waals surface area contributed by atoms with Gasteiger partial charge in [-0.2, -0.15) is 5.10 Å². The number of amides is 1. The van der Waals surface area contributed by atoms with Crippen molar-refractivity contribution in [2.24, 2.45) is 0 Å². The minimum Gasteiger partial charge on any atom is -0.481 e. The molecule has 1 unspecified atom stereocenters. The molecule has 7 nitrogen and oxygen atoms in total. The molecule has 2 aromatic rings. The lowest BCUT2D eigenvalue weighted by Crippen LogP contribution is -2.51. The van der Waals surface area contributed by atoms with E-state index in [4.69, 9.17) is 9.84 Å². The van der Waals surface area contributed by atoms with Gasteiger partial charge >= 0.3 is 5.97 Å². The van der Waals surface area contributed by atoms with Crippen molar-refractivity contribution in [1.82, 2.24) is 15.1 Å². The van der Waals surface area contributed by atoms with Crippen LogP contribution in [0, 0.1) is 6.92 Å². The fourth-order valence-corrected chi connectivity index (χ4v) is 3.64. The van der Waals surface area contributed by atoms with E-state index in [0.29, 0.717) is 5.69 Å². The van der Waals surface area contributed by atoms with Crippen LogP contribution in [0.4, 0.5) is 0 Å². The van der Waals surface area contributed by atoms with Gasteiger partial charge in [-0.3, -0.25) is 9.59 Å². The van der Waals surface area contributed by atoms with Crippen molar-refractivity contribution in [2.75, 3.05) is 13.7 Å². The molecule has 1 aliphatic rings. The number of nitrogens with one attached hydrogen (secondary N) is 1. The van der Waals surface area contributed by atoms with Gasteiger partial charge < -0.3 is 15.2 Å². The van der Waals surface area contributed by atoms with Crippen LogP contribution in [0.3, 0.4) is 0 Å². The Kier molecular flexibility index (Phi) is 5.32. The minimum absolute atomic E-state index is 0.103. The number of hydrogen-bond donors (Lipinski definition) is 2. The molecule has 3 rings (SSSR count). The van der Waals surface area contributed by atoms with Gasteiger partial charge in [-0.1, -0.05) is 17.7 Å². The molecule has 2 N–H and O–H groups in total. The third-order valence-corrected chi connectivity index (χ3v) is 4.84. The average Bonchev–Trinajstić information content (AvgIpc) is 3.17. The average molecular weight is 371 g/mol. The molecule has 0 bridgehead atoms. The number of carbonyl (C=O) groups excluding carboxylic acids is 1. The zero-order valence-electron chi connectivity index (χ0n) is 15.9. The van der Waals surface area contributed by atoms with Gasteiger partial charge in [0.1, 0.15) is 0 Å². The molecular formula is C20H25N3O4. The lowest BCUT2D eigenvalue weighted by Gasteiger charge is -2.28. The van der Waals surface area contributed by atoms with Crippen LogP contribution in [0.1, 0.15) is 47.1 Å². The first-order chi connectivity index (χ1) is 12.8. The number of benzene rings is 1. The normalized spacial score (nSPS) is 15.2. The van der Waals surface area contributed by atoms with E-state index in [9.17, 15) is 9.59 Å². The molecule has 1 heterocycles. The van der Waals surface area contributed by atoms with Crippen molar-refractivity contribution in [2.45, 2.75) is 45.1 Å².